The van der Waals surface area contributed by atoms with Crippen LogP contribution in [0.1, 0.15) is 40.2 Å². The maximum atomic E-state index is 12.8. The molecular weight excluding hydrogens is 404 g/mol. The second kappa shape index (κ2) is 9.04. The molecule has 5 rings (SSSR count). The number of hydrogen-bond donors (Lipinski definition) is 1. The Morgan fingerprint density at radius 2 is 1.97 bits per heavy atom. The molecule has 1 aromatic carbocycles. The Hall–Kier alpha value is -3.32. The summed E-state index contributed by atoms with van der Waals surface area (Å²) >= 11 is 0. The lowest BCUT2D eigenvalue weighted by atomic mass is 9.84. The van der Waals surface area contributed by atoms with Gasteiger partial charge in [-0.25, -0.2) is 15.0 Å². The van der Waals surface area contributed by atoms with Crippen molar-refractivity contribution in [3.8, 4) is 17.0 Å². The number of nitrogens with zero attached hydrogens (tertiary/aromatic N) is 3. The minimum atomic E-state index is -0.113. The number of carbonyl (C=O) groups excluding carboxylic acids is 1. The third-order valence-electron chi connectivity index (χ3n) is 6.09. The number of amides is 1. The number of aryl methyl sites for hydroxylation is 2. The zero-order chi connectivity index (χ0) is 21.9. The van der Waals surface area contributed by atoms with Crippen LogP contribution in [0, 0.1) is 6.92 Å². The lowest BCUT2D eigenvalue weighted by Crippen LogP contribution is -2.39. The van der Waals surface area contributed by atoms with Crippen LogP contribution in [0.15, 0.2) is 48.9 Å². The molecular formula is C25H26N4O3. The molecule has 7 nitrogen and oxygen atoms in total. The lowest BCUT2D eigenvalue weighted by Gasteiger charge is -2.27. The summed E-state index contributed by atoms with van der Waals surface area (Å²) in [7, 11) is 0. The number of ether oxygens (including phenoxy) is 2. The van der Waals surface area contributed by atoms with Crippen molar-refractivity contribution in [2.75, 3.05) is 13.2 Å². The number of hydrogen-bond acceptors (Lipinski definition) is 6. The van der Waals surface area contributed by atoms with Crippen molar-refractivity contribution in [2.24, 2.45) is 0 Å². The van der Waals surface area contributed by atoms with Crippen molar-refractivity contribution in [2.45, 2.75) is 44.8 Å². The smallest absolute Gasteiger partial charge is 0.253 e. The van der Waals surface area contributed by atoms with E-state index in [4.69, 9.17) is 9.47 Å². The van der Waals surface area contributed by atoms with E-state index in [1.54, 1.807) is 18.3 Å². The highest BCUT2D eigenvalue weighted by Gasteiger charge is 2.24. The van der Waals surface area contributed by atoms with Crippen LogP contribution in [0.5, 0.6) is 5.88 Å². The maximum absolute atomic E-state index is 12.8. The van der Waals surface area contributed by atoms with E-state index in [0.717, 1.165) is 42.6 Å². The van der Waals surface area contributed by atoms with Crippen LogP contribution in [-0.4, -0.2) is 46.2 Å². The average Bonchev–Trinajstić information content (AvgIpc) is 3.33. The maximum Gasteiger partial charge on any atom is 0.253 e. The first-order valence-corrected chi connectivity index (χ1v) is 11.1. The van der Waals surface area contributed by atoms with Crippen LogP contribution in [0.2, 0.25) is 0 Å². The molecule has 0 spiro atoms. The SMILES string of the molecule is Cc1ncc(-c2cccc3c2C[C@H](NC(=O)c2ccc(OC4CCOC4)nc2)CC3)cn1. The summed E-state index contributed by atoms with van der Waals surface area (Å²) in [5.74, 6) is 1.16. The number of fused-ring (bicyclic) bond motifs is 1. The molecule has 1 aliphatic heterocycles. The van der Waals surface area contributed by atoms with Crippen LogP contribution < -0.4 is 10.1 Å². The molecule has 0 radical (unpaired) electrons. The predicted octanol–water partition coefficient (Wildman–Crippen LogP) is 3.30. The first-order valence-electron chi connectivity index (χ1n) is 11.1. The molecule has 1 unspecified atom stereocenters. The Kier molecular flexibility index (Phi) is 5.81. The zero-order valence-corrected chi connectivity index (χ0v) is 18.1. The summed E-state index contributed by atoms with van der Waals surface area (Å²) in [4.78, 5) is 25.8. The quantitative estimate of drug-likeness (QED) is 0.668. The number of benzene rings is 1. The highest BCUT2D eigenvalue weighted by molar-refractivity contribution is 5.94. The molecule has 1 amide bonds. The molecule has 1 aliphatic carbocycles. The summed E-state index contributed by atoms with van der Waals surface area (Å²) in [6, 6.07) is 9.94. The van der Waals surface area contributed by atoms with Crippen molar-refractivity contribution in [1.29, 1.82) is 0 Å². The minimum Gasteiger partial charge on any atom is -0.472 e. The number of rotatable bonds is 5. The molecule has 2 aliphatic rings. The van der Waals surface area contributed by atoms with Gasteiger partial charge in [-0.05, 0) is 48.9 Å². The first kappa shape index (κ1) is 20.6. The Bertz CT molecular complexity index is 1090. The van der Waals surface area contributed by atoms with Gasteiger partial charge in [-0.3, -0.25) is 4.79 Å². The Balaban J connectivity index is 1.27. The molecule has 1 N–H and O–H groups in total. The van der Waals surface area contributed by atoms with Gasteiger partial charge in [0.25, 0.3) is 5.91 Å². The van der Waals surface area contributed by atoms with Crippen molar-refractivity contribution in [1.82, 2.24) is 20.3 Å². The van der Waals surface area contributed by atoms with Crippen molar-refractivity contribution >= 4 is 5.91 Å². The van der Waals surface area contributed by atoms with Crippen LogP contribution in [-0.2, 0) is 17.6 Å². The van der Waals surface area contributed by atoms with E-state index in [9.17, 15) is 4.79 Å². The average molecular weight is 431 g/mol. The van der Waals surface area contributed by atoms with Crippen molar-refractivity contribution in [3.63, 3.8) is 0 Å². The van der Waals surface area contributed by atoms with Gasteiger partial charge in [0.05, 0.1) is 18.8 Å². The molecule has 1 saturated heterocycles. The highest BCUT2D eigenvalue weighted by atomic mass is 16.5. The van der Waals surface area contributed by atoms with Gasteiger partial charge in [0, 0.05) is 42.7 Å². The Morgan fingerprint density at radius 3 is 2.72 bits per heavy atom. The number of pyridine rings is 1. The molecule has 2 atom stereocenters. The second-order valence-electron chi connectivity index (χ2n) is 8.36. The summed E-state index contributed by atoms with van der Waals surface area (Å²) in [5.41, 5.74) is 5.27. The number of nitrogens with one attached hydrogen (secondary N) is 1. The van der Waals surface area contributed by atoms with E-state index in [-0.39, 0.29) is 18.1 Å². The topological polar surface area (TPSA) is 86.2 Å². The van der Waals surface area contributed by atoms with Gasteiger partial charge in [0.15, 0.2) is 0 Å². The highest BCUT2D eigenvalue weighted by Crippen LogP contribution is 2.31. The largest absolute Gasteiger partial charge is 0.472 e. The molecule has 7 heteroatoms. The van der Waals surface area contributed by atoms with Gasteiger partial charge >= 0.3 is 0 Å². The second-order valence-corrected chi connectivity index (χ2v) is 8.36. The Morgan fingerprint density at radius 1 is 1.09 bits per heavy atom. The van der Waals surface area contributed by atoms with Crippen LogP contribution in [0.3, 0.4) is 0 Å². The van der Waals surface area contributed by atoms with Crippen molar-refractivity contribution in [3.05, 3.63) is 71.4 Å². The minimum absolute atomic E-state index is 0.0395. The fourth-order valence-electron chi connectivity index (χ4n) is 4.34. The lowest BCUT2D eigenvalue weighted by molar-refractivity contribution is 0.0933. The third-order valence-corrected chi connectivity index (χ3v) is 6.09. The molecule has 164 valence electrons. The predicted molar refractivity (Wildman–Crippen MR) is 120 cm³/mol. The summed E-state index contributed by atoms with van der Waals surface area (Å²) < 4.78 is 11.1. The molecule has 1 fully saturated rings. The van der Waals surface area contributed by atoms with Gasteiger partial charge in [0.1, 0.15) is 11.9 Å². The molecule has 2 aromatic heterocycles. The monoisotopic (exact) mass is 430 g/mol. The van der Waals surface area contributed by atoms with E-state index < -0.39 is 0 Å². The molecule has 0 saturated carbocycles. The van der Waals surface area contributed by atoms with Gasteiger partial charge in [-0.1, -0.05) is 18.2 Å². The van der Waals surface area contributed by atoms with E-state index in [1.165, 1.54) is 11.1 Å². The van der Waals surface area contributed by atoms with Gasteiger partial charge < -0.3 is 14.8 Å². The summed E-state index contributed by atoms with van der Waals surface area (Å²) in [6.45, 7) is 3.19. The summed E-state index contributed by atoms with van der Waals surface area (Å²) in [5, 5.41) is 3.19. The Labute approximate surface area is 187 Å². The van der Waals surface area contributed by atoms with Gasteiger partial charge in [-0.2, -0.15) is 0 Å². The molecule has 32 heavy (non-hydrogen) atoms. The van der Waals surface area contributed by atoms with Crippen LogP contribution in [0.25, 0.3) is 11.1 Å². The van der Waals surface area contributed by atoms with Gasteiger partial charge in [0.2, 0.25) is 5.88 Å². The fourth-order valence-corrected chi connectivity index (χ4v) is 4.34. The molecule has 3 aromatic rings. The van der Waals surface area contributed by atoms with E-state index in [2.05, 4.69) is 38.5 Å². The fraction of sp³-hybridized carbons (Fsp3) is 0.360. The van der Waals surface area contributed by atoms with E-state index in [1.807, 2.05) is 19.3 Å². The van der Waals surface area contributed by atoms with E-state index >= 15 is 0 Å². The van der Waals surface area contributed by atoms with E-state index in [0.29, 0.717) is 24.7 Å². The summed E-state index contributed by atoms with van der Waals surface area (Å²) in [6.07, 6.45) is 8.83. The van der Waals surface area contributed by atoms with Crippen LogP contribution in [0.4, 0.5) is 0 Å². The zero-order valence-electron chi connectivity index (χ0n) is 18.1. The molecule has 3 heterocycles. The normalized spacial score (nSPS) is 19.9. The standard InChI is InChI=1S/C25H26N4O3/c1-16-26-13-19(14-27-16)22-4-2-3-17-5-7-20(11-23(17)22)29-25(30)18-6-8-24(28-12-18)32-21-9-10-31-15-21/h2-4,6,8,12-14,20-21H,5,7,9-11,15H2,1H3,(H,29,30)/t20-,21?/m1/s1. The van der Waals surface area contributed by atoms with Crippen molar-refractivity contribution < 1.29 is 14.3 Å². The van der Waals surface area contributed by atoms with Crippen LogP contribution >= 0.6 is 0 Å². The number of carbonyl (C=O) groups is 1. The first-order chi connectivity index (χ1) is 15.7. The third kappa shape index (κ3) is 4.48. The van der Waals surface area contributed by atoms with Gasteiger partial charge in [-0.15, -0.1) is 0 Å². The molecule has 0 bridgehead atoms. The number of aromatic nitrogens is 3.